The third kappa shape index (κ3) is 5.42. The SMILES string of the molecule is CCCOc1ccccc1/C=C/C(=O)N1CCC(C(=O)c2ccc3c(c2)NC(=O)CO3)CC1. The average molecular weight is 449 g/mol. The van der Waals surface area contributed by atoms with Gasteiger partial charge in [0.1, 0.15) is 11.5 Å². The van der Waals surface area contributed by atoms with Gasteiger partial charge in [0.2, 0.25) is 5.91 Å². The van der Waals surface area contributed by atoms with Gasteiger partial charge in [0.25, 0.3) is 5.91 Å². The molecule has 0 atom stereocenters. The molecule has 4 rings (SSSR count). The molecule has 0 aliphatic carbocycles. The van der Waals surface area contributed by atoms with Gasteiger partial charge in [0.15, 0.2) is 12.4 Å². The number of ketones is 1. The zero-order valence-corrected chi connectivity index (χ0v) is 18.7. The number of piperidine rings is 1. The minimum Gasteiger partial charge on any atom is -0.493 e. The van der Waals surface area contributed by atoms with Gasteiger partial charge in [0, 0.05) is 36.2 Å². The molecule has 33 heavy (non-hydrogen) atoms. The van der Waals surface area contributed by atoms with Crippen LogP contribution in [0, 0.1) is 5.92 Å². The largest absolute Gasteiger partial charge is 0.493 e. The Morgan fingerprint density at radius 2 is 1.97 bits per heavy atom. The van der Waals surface area contributed by atoms with E-state index in [1.165, 1.54) is 0 Å². The number of Topliss-reactive ketones (excluding diaryl/α,β-unsaturated/α-hetero) is 1. The van der Waals surface area contributed by atoms with Gasteiger partial charge in [0.05, 0.1) is 12.3 Å². The van der Waals surface area contributed by atoms with Crippen molar-refractivity contribution in [2.45, 2.75) is 26.2 Å². The fourth-order valence-corrected chi connectivity index (χ4v) is 4.06. The monoisotopic (exact) mass is 448 g/mol. The number of likely N-dealkylation sites (tertiary alicyclic amines) is 1. The molecule has 172 valence electrons. The topological polar surface area (TPSA) is 84.9 Å². The van der Waals surface area contributed by atoms with Crippen LogP contribution in [0.1, 0.15) is 42.1 Å². The first-order valence-electron chi connectivity index (χ1n) is 11.3. The van der Waals surface area contributed by atoms with E-state index in [1.54, 1.807) is 35.3 Å². The molecule has 1 fully saturated rings. The molecule has 1 saturated heterocycles. The van der Waals surface area contributed by atoms with Crippen molar-refractivity contribution in [1.82, 2.24) is 4.90 Å². The van der Waals surface area contributed by atoms with Crippen LogP contribution in [0.3, 0.4) is 0 Å². The predicted molar refractivity (Wildman–Crippen MR) is 125 cm³/mol. The summed E-state index contributed by atoms with van der Waals surface area (Å²) in [6.07, 6.45) is 5.48. The Morgan fingerprint density at radius 3 is 2.76 bits per heavy atom. The Balaban J connectivity index is 1.34. The third-order valence-corrected chi connectivity index (χ3v) is 5.86. The maximum atomic E-state index is 13.0. The molecule has 0 spiro atoms. The number of fused-ring (bicyclic) bond motifs is 1. The lowest BCUT2D eigenvalue weighted by Crippen LogP contribution is -2.39. The quantitative estimate of drug-likeness (QED) is 0.512. The first kappa shape index (κ1) is 22.6. The Bertz CT molecular complexity index is 1070. The van der Waals surface area contributed by atoms with E-state index in [-0.39, 0.29) is 30.1 Å². The number of anilines is 1. The van der Waals surface area contributed by atoms with Gasteiger partial charge in [-0.05, 0) is 49.6 Å². The number of amides is 2. The van der Waals surface area contributed by atoms with Crippen LogP contribution >= 0.6 is 0 Å². The molecule has 0 radical (unpaired) electrons. The lowest BCUT2D eigenvalue weighted by atomic mass is 9.88. The van der Waals surface area contributed by atoms with Crippen molar-refractivity contribution in [1.29, 1.82) is 0 Å². The summed E-state index contributed by atoms with van der Waals surface area (Å²) in [6, 6.07) is 12.8. The van der Waals surface area contributed by atoms with Crippen molar-refractivity contribution in [2.24, 2.45) is 5.92 Å². The van der Waals surface area contributed by atoms with E-state index in [1.807, 2.05) is 31.2 Å². The third-order valence-electron chi connectivity index (χ3n) is 5.86. The number of hydrogen-bond donors (Lipinski definition) is 1. The average Bonchev–Trinajstić information content (AvgIpc) is 2.85. The van der Waals surface area contributed by atoms with Gasteiger partial charge in [-0.3, -0.25) is 14.4 Å². The zero-order chi connectivity index (χ0) is 23.2. The van der Waals surface area contributed by atoms with Gasteiger partial charge in [-0.15, -0.1) is 0 Å². The molecule has 2 amide bonds. The van der Waals surface area contributed by atoms with Gasteiger partial charge in [-0.1, -0.05) is 25.1 Å². The van der Waals surface area contributed by atoms with Crippen LogP contribution in [0.2, 0.25) is 0 Å². The number of nitrogens with one attached hydrogen (secondary N) is 1. The highest BCUT2D eigenvalue weighted by Crippen LogP contribution is 2.31. The fraction of sp³-hybridized carbons (Fsp3) is 0.346. The number of rotatable bonds is 7. The zero-order valence-electron chi connectivity index (χ0n) is 18.7. The van der Waals surface area contributed by atoms with Crippen molar-refractivity contribution < 1.29 is 23.9 Å². The number of benzene rings is 2. The highest BCUT2D eigenvalue weighted by Gasteiger charge is 2.28. The molecule has 0 saturated carbocycles. The Labute approximate surface area is 193 Å². The van der Waals surface area contributed by atoms with E-state index in [9.17, 15) is 14.4 Å². The van der Waals surface area contributed by atoms with Crippen molar-refractivity contribution in [3.8, 4) is 11.5 Å². The molecular weight excluding hydrogens is 420 g/mol. The highest BCUT2D eigenvalue weighted by molar-refractivity contribution is 6.02. The minimum atomic E-state index is -0.230. The summed E-state index contributed by atoms with van der Waals surface area (Å²) in [4.78, 5) is 39.0. The summed E-state index contributed by atoms with van der Waals surface area (Å²) in [6.45, 7) is 3.72. The van der Waals surface area contributed by atoms with Crippen molar-refractivity contribution in [3.63, 3.8) is 0 Å². The summed E-state index contributed by atoms with van der Waals surface area (Å²) < 4.78 is 11.1. The van der Waals surface area contributed by atoms with Crippen molar-refractivity contribution in [3.05, 3.63) is 59.7 Å². The summed E-state index contributed by atoms with van der Waals surface area (Å²) in [5, 5.41) is 2.74. The molecule has 2 aromatic rings. The van der Waals surface area contributed by atoms with Crippen molar-refractivity contribution in [2.75, 3.05) is 31.6 Å². The fourth-order valence-electron chi connectivity index (χ4n) is 4.06. The van der Waals surface area contributed by atoms with Gasteiger partial charge < -0.3 is 19.7 Å². The van der Waals surface area contributed by atoms with Gasteiger partial charge >= 0.3 is 0 Å². The first-order chi connectivity index (χ1) is 16.0. The van der Waals surface area contributed by atoms with E-state index >= 15 is 0 Å². The van der Waals surface area contributed by atoms with E-state index in [0.717, 1.165) is 17.7 Å². The Kier molecular flexibility index (Phi) is 7.07. The van der Waals surface area contributed by atoms with E-state index in [4.69, 9.17) is 9.47 Å². The Morgan fingerprint density at radius 1 is 1.18 bits per heavy atom. The van der Waals surface area contributed by atoms with E-state index in [2.05, 4.69) is 5.32 Å². The molecule has 7 heteroatoms. The summed E-state index contributed by atoms with van der Waals surface area (Å²) in [7, 11) is 0. The second kappa shape index (κ2) is 10.3. The summed E-state index contributed by atoms with van der Waals surface area (Å²) in [5.74, 6) is 0.910. The number of para-hydroxylation sites is 1. The second-order valence-electron chi connectivity index (χ2n) is 8.23. The van der Waals surface area contributed by atoms with Crippen LogP contribution < -0.4 is 14.8 Å². The van der Waals surface area contributed by atoms with Crippen LogP contribution in [0.15, 0.2) is 48.5 Å². The molecule has 2 heterocycles. The van der Waals surface area contributed by atoms with Crippen LogP contribution in [0.25, 0.3) is 6.08 Å². The highest BCUT2D eigenvalue weighted by atomic mass is 16.5. The second-order valence-corrected chi connectivity index (χ2v) is 8.23. The number of carbonyl (C=O) groups is 3. The lowest BCUT2D eigenvalue weighted by molar-refractivity contribution is -0.127. The summed E-state index contributed by atoms with van der Waals surface area (Å²) in [5.41, 5.74) is 1.94. The van der Waals surface area contributed by atoms with Crippen LogP contribution in [0.4, 0.5) is 5.69 Å². The number of hydrogen-bond acceptors (Lipinski definition) is 5. The Hall–Kier alpha value is -3.61. The van der Waals surface area contributed by atoms with E-state index < -0.39 is 0 Å². The smallest absolute Gasteiger partial charge is 0.262 e. The maximum absolute atomic E-state index is 13.0. The molecule has 2 aliphatic heterocycles. The molecule has 1 N–H and O–H groups in total. The molecule has 7 nitrogen and oxygen atoms in total. The van der Waals surface area contributed by atoms with Crippen LogP contribution in [0.5, 0.6) is 11.5 Å². The molecule has 2 aromatic carbocycles. The standard InChI is InChI=1S/C26H28N2O5/c1-2-15-32-22-6-4-3-5-18(22)8-10-25(30)28-13-11-19(12-14-28)26(31)20-7-9-23-21(16-20)27-24(29)17-33-23/h3-10,16,19H,2,11-15,17H2,1H3,(H,27,29)/b10-8+. The molecule has 0 unspecified atom stereocenters. The molecule has 0 aromatic heterocycles. The normalized spacial score (nSPS) is 16.2. The number of nitrogens with zero attached hydrogens (tertiary/aromatic N) is 1. The van der Waals surface area contributed by atoms with Crippen LogP contribution in [-0.4, -0.2) is 48.8 Å². The lowest BCUT2D eigenvalue weighted by Gasteiger charge is -2.30. The predicted octanol–water partition coefficient (Wildman–Crippen LogP) is 3.94. The van der Waals surface area contributed by atoms with E-state index in [0.29, 0.717) is 49.5 Å². The number of carbonyl (C=O) groups excluding carboxylic acids is 3. The molecular formula is C26H28N2O5. The van der Waals surface area contributed by atoms with Crippen LogP contribution in [-0.2, 0) is 9.59 Å². The first-order valence-corrected chi connectivity index (χ1v) is 11.3. The number of ether oxygens (including phenoxy) is 2. The van der Waals surface area contributed by atoms with Gasteiger partial charge in [-0.2, -0.15) is 0 Å². The molecule has 2 aliphatic rings. The molecule has 0 bridgehead atoms. The minimum absolute atomic E-state index is 0.0153. The summed E-state index contributed by atoms with van der Waals surface area (Å²) >= 11 is 0. The maximum Gasteiger partial charge on any atom is 0.262 e. The van der Waals surface area contributed by atoms with Crippen molar-refractivity contribution >= 4 is 29.4 Å². The van der Waals surface area contributed by atoms with Gasteiger partial charge in [-0.25, -0.2) is 0 Å².